The van der Waals surface area contributed by atoms with Crippen molar-refractivity contribution in [3.63, 3.8) is 0 Å². The summed E-state index contributed by atoms with van der Waals surface area (Å²) < 4.78 is 28.2. The molecule has 1 aliphatic rings. The minimum atomic E-state index is -3.48. The van der Waals surface area contributed by atoms with Crippen LogP contribution in [0.25, 0.3) is 0 Å². The summed E-state index contributed by atoms with van der Waals surface area (Å²) in [6, 6.07) is 12.2. The molecule has 3 rings (SSSR count). The lowest BCUT2D eigenvalue weighted by Gasteiger charge is -2.22. The second-order valence-electron chi connectivity index (χ2n) is 6.95. The Morgan fingerprint density at radius 2 is 1.60 bits per heavy atom. The van der Waals surface area contributed by atoms with Gasteiger partial charge in [-0.15, -0.1) is 0 Å². The third-order valence-corrected chi connectivity index (χ3v) is 7.33. The number of nitrogens with zero attached hydrogens (tertiary/aromatic N) is 1. The molecule has 0 amide bonds. The normalized spacial score (nSPS) is 18.5. The van der Waals surface area contributed by atoms with Crippen molar-refractivity contribution < 1.29 is 8.42 Å². The Kier molecular flexibility index (Phi) is 4.89. The van der Waals surface area contributed by atoms with Gasteiger partial charge in [-0.1, -0.05) is 24.3 Å². The van der Waals surface area contributed by atoms with Crippen molar-refractivity contribution >= 4 is 15.7 Å². The number of aryl methyl sites for hydroxylation is 2. The Hall–Kier alpha value is -1.85. The lowest BCUT2D eigenvalue weighted by atomic mass is 10.0. The van der Waals surface area contributed by atoms with Gasteiger partial charge in [-0.2, -0.15) is 4.31 Å². The largest absolute Gasteiger partial charge is 0.381 e. The first kappa shape index (κ1) is 18.0. The second kappa shape index (κ2) is 6.81. The van der Waals surface area contributed by atoms with E-state index in [2.05, 4.69) is 11.4 Å². The Morgan fingerprint density at radius 1 is 1.00 bits per heavy atom. The van der Waals surface area contributed by atoms with Crippen molar-refractivity contribution in [2.75, 3.05) is 18.4 Å². The zero-order chi connectivity index (χ0) is 18.2. The van der Waals surface area contributed by atoms with Gasteiger partial charge < -0.3 is 5.32 Å². The minimum Gasteiger partial charge on any atom is -0.381 e. The van der Waals surface area contributed by atoms with E-state index in [1.165, 1.54) is 0 Å². The molecule has 0 aromatic heterocycles. The van der Waals surface area contributed by atoms with Crippen LogP contribution < -0.4 is 5.32 Å². The molecule has 0 saturated carbocycles. The topological polar surface area (TPSA) is 49.4 Å². The summed E-state index contributed by atoms with van der Waals surface area (Å²) in [5.74, 6) is 0. The predicted octanol–water partition coefficient (Wildman–Crippen LogP) is 3.80. The molecule has 0 aliphatic carbocycles. The van der Waals surface area contributed by atoms with E-state index in [1.807, 2.05) is 58.0 Å². The van der Waals surface area contributed by atoms with E-state index < -0.39 is 10.0 Å². The van der Waals surface area contributed by atoms with E-state index in [0.29, 0.717) is 18.0 Å². The SMILES string of the molecule is Cc1cc(C)c(C)c(S(=O)(=O)N2CCC(Nc3ccccc3)C2)c1C. The van der Waals surface area contributed by atoms with Crippen molar-refractivity contribution in [2.45, 2.75) is 45.1 Å². The van der Waals surface area contributed by atoms with E-state index in [1.54, 1.807) is 4.31 Å². The fraction of sp³-hybridized carbons (Fsp3) is 0.400. The van der Waals surface area contributed by atoms with Crippen LogP contribution >= 0.6 is 0 Å². The highest BCUT2D eigenvalue weighted by molar-refractivity contribution is 7.89. The molecule has 2 aromatic rings. The van der Waals surface area contributed by atoms with E-state index in [9.17, 15) is 8.42 Å². The third kappa shape index (κ3) is 3.44. The zero-order valence-corrected chi connectivity index (χ0v) is 16.2. The highest BCUT2D eigenvalue weighted by atomic mass is 32.2. The molecule has 1 saturated heterocycles. The highest BCUT2D eigenvalue weighted by Gasteiger charge is 2.34. The summed E-state index contributed by atoms with van der Waals surface area (Å²) in [5, 5.41) is 3.44. The Labute approximate surface area is 150 Å². The van der Waals surface area contributed by atoms with Crippen LogP contribution in [-0.2, 0) is 10.0 Å². The van der Waals surface area contributed by atoms with Crippen molar-refractivity contribution in [2.24, 2.45) is 0 Å². The molecule has 1 unspecified atom stereocenters. The summed E-state index contributed by atoms with van der Waals surface area (Å²) in [6.07, 6.45) is 0.816. The van der Waals surface area contributed by atoms with Crippen LogP contribution in [0.15, 0.2) is 41.3 Å². The average Bonchev–Trinajstić information content (AvgIpc) is 3.03. The number of hydrogen-bond acceptors (Lipinski definition) is 3. The highest BCUT2D eigenvalue weighted by Crippen LogP contribution is 2.31. The maximum absolute atomic E-state index is 13.3. The van der Waals surface area contributed by atoms with Gasteiger partial charge in [0, 0.05) is 24.8 Å². The maximum Gasteiger partial charge on any atom is 0.243 e. The smallest absolute Gasteiger partial charge is 0.243 e. The van der Waals surface area contributed by atoms with Gasteiger partial charge in [-0.05, 0) is 68.5 Å². The molecule has 5 heteroatoms. The van der Waals surface area contributed by atoms with Crippen LogP contribution in [0.2, 0.25) is 0 Å². The van der Waals surface area contributed by atoms with E-state index in [-0.39, 0.29) is 6.04 Å². The van der Waals surface area contributed by atoms with Gasteiger partial charge in [-0.25, -0.2) is 8.42 Å². The molecule has 0 radical (unpaired) electrons. The average molecular weight is 359 g/mol. The molecular formula is C20H26N2O2S. The molecule has 1 atom stereocenters. The van der Waals surface area contributed by atoms with Crippen molar-refractivity contribution in [1.82, 2.24) is 4.31 Å². The molecule has 1 heterocycles. The second-order valence-corrected chi connectivity index (χ2v) is 8.82. The van der Waals surface area contributed by atoms with Gasteiger partial charge in [0.15, 0.2) is 0 Å². The van der Waals surface area contributed by atoms with Crippen molar-refractivity contribution in [3.8, 4) is 0 Å². The molecule has 0 spiro atoms. The molecule has 2 aromatic carbocycles. The number of para-hydroxylation sites is 1. The first-order valence-electron chi connectivity index (χ1n) is 8.70. The lowest BCUT2D eigenvalue weighted by Crippen LogP contribution is -2.32. The molecule has 25 heavy (non-hydrogen) atoms. The summed E-state index contributed by atoms with van der Waals surface area (Å²) in [4.78, 5) is 0.491. The fourth-order valence-corrected chi connectivity index (χ4v) is 5.61. The maximum atomic E-state index is 13.3. The zero-order valence-electron chi connectivity index (χ0n) is 15.3. The van der Waals surface area contributed by atoms with Crippen LogP contribution in [0.1, 0.15) is 28.7 Å². The number of hydrogen-bond donors (Lipinski definition) is 1. The number of anilines is 1. The van der Waals surface area contributed by atoms with Gasteiger partial charge in [-0.3, -0.25) is 0 Å². The standard InChI is InChI=1S/C20H26N2O2S/c1-14-12-15(2)17(4)20(16(14)3)25(23,24)22-11-10-19(13-22)21-18-8-6-5-7-9-18/h5-9,12,19,21H,10-11,13H2,1-4H3. The number of nitrogens with one attached hydrogen (secondary N) is 1. The predicted molar refractivity (Wildman–Crippen MR) is 103 cm³/mol. The van der Waals surface area contributed by atoms with Gasteiger partial charge in [0.25, 0.3) is 0 Å². The van der Waals surface area contributed by atoms with E-state index >= 15 is 0 Å². The minimum absolute atomic E-state index is 0.142. The monoisotopic (exact) mass is 358 g/mol. The fourth-order valence-electron chi connectivity index (χ4n) is 3.53. The first-order valence-corrected chi connectivity index (χ1v) is 10.1. The Balaban J connectivity index is 1.85. The van der Waals surface area contributed by atoms with Gasteiger partial charge in [0.1, 0.15) is 0 Å². The summed E-state index contributed by atoms with van der Waals surface area (Å²) in [5.41, 5.74) is 4.82. The number of sulfonamides is 1. The van der Waals surface area contributed by atoms with E-state index in [0.717, 1.165) is 34.4 Å². The van der Waals surface area contributed by atoms with Crippen LogP contribution in [0.4, 0.5) is 5.69 Å². The van der Waals surface area contributed by atoms with Gasteiger partial charge >= 0.3 is 0 Å². The Bertz CT molecular complexity index is 850. The van der Waals surface area contributed by atoms with Crippen molar-refractivity contribution in [1.29, 1.82) is 0 Å². The number of rotatable bonds is 4. The van der Waals surface area contributed by atoms with Crippen LogP contribution in [0.5, 0.6) is 0 Å². The lowest BCUT2D eigenvalue weighted by molar-refractivity contribution is 0.473. The molecule has 1 fully saturated rings. The van der Waals surface area contributed by atoms with Gasteiger partial charge in [0.2, 0.25) is 10.0 Å². The quantitative estimate of drug-likeness (QED) is 0.904. The summed E-state index contributed by atoms with van der Waals surface area (Å²) in [7, 11) is -3.48. The van der Waals surface area contributed by atoms with Crippen LogP contribution in [0, 0.1) is 27.7 Å². The third-order valence-electron chi connectivity index (χ3n) is 5.19. The molecule has 134 valence electrons. The first-order chi connectivity index (χ1) is 11.8. The molecule has 1 N–H and O–H groups in total. The van der Waals surface area contributed by atoms with Crippen LogP contribution in [-0.4, -0.2) is 31.9 Å². The van der Waals surface area contributed by atoms with Crippen LogP contribution in [0.3, 0.4) is 0 Å². The van der Waals surface area contributed by atoms with Gasteiger partial charge in [0.05, 0.1) is 4.90 Å². The van der Waals surface area contributed by atoms with Crippen molar-refractivity contribution in [3.05, 3.63) is 58.7 Å². The molecule has 0 bridgehead atoms. The molecular weight excluding hydrogens is 332 g/mol. The number of benzene rings is 2. The van der Waals surface area contributed by atoms with E-state index in [4.69, 9.17) is 0 Å². The Morgan fingerprint density at radius 3 is 2.20 bits per heavy atom. The molecule has 1 aliphatic heterocycles. The summed E-state index contributed by atoms with van der Waals surface area (Å²) >= 11 is 0. The summed E-state index contributed by atoms with van der Waals surface area (Å²) in [6.45, 7) is 8.83. The molecule has 4 nitrogen and oxygen atoms in total.